The van der Waals surface area contributed by atoms with Gasteiger partial charge in [-0.2, -0.15) is 13.2 Å². The van der Waals surface area contributed by atoms with Crippen molar-refractivity contribution in [3.05, 3.63) is 31.2 Å². The first-order chi connectivity index (χ1) is 8.55. The van der Waals surface area contributed by atoms with Gasteiger partial charge in [0.1, 0.15) is 10.7 Å². The van der Waals surface area contributed by atoms with Gasteiger partial charge in [0.15, 0.2) is 0 Å². The summed E-state index contributed by atoms with van der Waals surface area (Å²) in [5, 5.41) is 10.5. The zero-order valence-corrected chi connectivity index (χ0v) is 10.8. The van der Waals surface area contributed by atoms with Crippen LogP contribution in [0.1, 0.15) is 0 Å². The minimum Gasteiger partial charge on any atom is -0.311 e. The maximum atomic E-state index is 12.1. The van der Waals surface area contributed by atoms with Crippen LogP contribution in [0.15, 0.2) is 6.07 Å². The van der Waals surface area contributed by atoms with E-state index in [4.69, 9.17) is 34.8 Å². The molecule has 1 amide bonds. The van der Waals surface area contributed by atoms with Gasteiger partial charge < -0.3 is 5.32 Å². The maximum absolute atomic E-state index is 12.1. The van der Waals surface area contributed by atoms with E-state index in [-0.39, 0.29) is 5.02 Å². The molecule has 1 N–H and O–H groups in total. The Balaban J connectivity index is 3.39. The van der Waals surface area contributed by atoms with Crippen LogP contribution in [0.4, 0.5) is 24.5 Å². The summed E-state index contributed by atoms with van der Waals surface area (Å²) in [6, 6.07) is 0.879. The van der Waals surface area contributed by atoms with E-state index in [9.17, 15) is 28.1 Å². The lowest BCUT2D eigenvalue weighted by atomic mass is 10.2. The normalized spacial score (nSPS) is 11.3. The van der Waals surface area contributed by atoms with Crippen molar-refractivity contribution in [3.8, 4) is 0 Å². The van der Waals surface area contributed by atoms with Crippen LogP contribution in [-0.2, 0) is 4.79 Å². The molecule has 0 aliphatic carbocycles. The van der Waals surface area contributed by atoms with E-state index in [0.29, 0.717) is 0 Å². The van der Waals surface area contributed by atoms with E-state index in [2.05, 4.69) is 0 Å². The second-order valence-electron chi connectivity index (χ2n) is 3.09. The lowest BCUT2D eigenvalue weighted by molar-refractivity contribution is -0.383. The molecule has 0 heterocycles. The fourth-order valence-electron chi connectivity index (χ4n) is 1.06. The molecule has 5 nitrogen and oxygen atoms in total. The quantitative estimate of drug-likeness (QED) is 0.502. The second-order valence-corrected chi connectivity index (χ2v) is 4.28. The summed E-state index contributed by atoms with van der Waals surface area (Å²) >= 11 is 16.5. The number of nitro groups is 1. The van der Waals surface area contributed by atoms with Crippen molar-refractivity contribution in [1.82, 2.24) is 0 Å². The molecule has 0 unspecified atom stereocenters. The smallest absolute Gasteiger partial charge is 0.311 e. The standard InChI is InChI=1S/C8H2Cl3F3N2O3/c9-2-1-3(10)5(6(4(2)11)16(18)19)15-7(17)8(12,13)14/h1H,(H,15,17). The van der Waals surface area contributed by atoms with Crippen molar-refractivity contribution in [2.24, 2.45) is 0 Å². The second kappa shape index (κ2) is 5.40. The fraction of sp³-hybridized carbons (Fsp3) is 0.125. The Morgan fingerprint density at radius 3 is 2.21 bits per heavy atom. The van der Waals surface area contributed by atoms with E-state index < -0.39 is 38.4 Å². The number of anilines is 1. The van der Waals surface area contributed by atoms with Crippen LogP contribution in [0.2, 0.25) is 15.1 Å². The lowest BCUT2D eigenvalue weighted by Crippen LogP contribution is -2.30. The fourth-order valence-corrected chi connectivity index (χ4v) is 1.78. The molecular formula is C8H2Cl3F3N2O3. The van der Waals surface area contributed by atoms with Crippen LogP contribution in [0, 0.1) is 10.1 Å². The minimum atomic E-state index is -5.23. The number of hydrogen-bond donors (Lipinski definition) is 1. The molecule has 19 heavy (non-hydrogen) atoms. The summed E-state index contributed by atoms with van der Waals surface area (Å²) in [5.41, 5.74) is -1.89. The average Bonchev–Trinajstić information content (AvgIpc) is 2.23. The van der Waals surface area contributed by atoms with Gasteiger partial charge in [0.25, 0.3) is 0 Å². The zero-order chi connectivity index (χ0) is 15.0. The molecule has 11 heteroatoms. The highest BCUT2D eigenvalue weighted by molar-refractivity contribution is 6.46. The predicted octanol–water partition coefficient (Wildman–Crippen LogP) is 4.06. The molecule has 0 bridgehead atoms. The number of amides is 1. The molecule has 0 spiro atoms. The zero-order valence-electron chi connectivity index (χ0n) is 8.52. The van der Waals surface area contributed by atoms with Gasteiger partial charge in [0.2, 0.25) is 0 Å². The number of nitrogens with one attached hydrogen (secondary N) is 1. The Kier molecular flexibility index (Phi) is 4.49. The van der Waals surface area contributed by atoms with Gasteiger partial charge >= 0.3 is 17.8 Å². The van der Waals surface area contributed by atoms with E-state index in [1.54, 1.807) is 0 Å². The number of carbonyl (C=O) groups is 1. The van der Waals surface area contributed by atoms with Crippen LogP contribution in [0.25, 0.3) is 0 Å². The summed E-state index contributed by atoms with van der Waals surface area (Å²) in [7, 11) is 0. The third-order valence-corrected chi connectivity index (χ3v) is 2.90. The Labute approximate surface area is 118 Å². The van der Waals surface area contributed by atoms with Crippen LogP contribution in [0.5, 0.6) is 0 Å². The molecule has 0 radical (unpaired) electrons. The van der Waals surface area contributed by atoms with E-state index in [1.165, 1.54) is 5.32 Å². The molecule has 0 aliphatic heterocycles. The third-order valence-electron chi connectivity index (χ3n) is 1.83. The van der Waals surface area contributed by atoms with Crippen molar-refractivity contribution >= 4 is 52.1 Å². The van der Waals surface area contributed by atoms with Gasteiger partial charge in [-0.25, -0.2) is 0 Å². The number of nitrogens with zero attached hydrogens (tertiary/aromatic N) is 1. The van der Waals surface area contributed by atoms with Crippen molar-refractivity contribution in [2.75, 3.05) is 5.32 Å². The molecule has 0 saturated carbocycles. The van der Waals surface area contributed by atoms with Gasteiger partial charge in [-0.1, -0.05) is 34.8 Å². The summed E-state index contributed by atoms with van der Waals surface area (Å²) < 4.78 is 36.3. The topological polar surface area (TPSA) is 72.2 Å². The first-order valence-electron chi connectivity index (χ1n) is 4.25. The Bertz CT molecular complexity index is 562. The highest BCUT2D eigenvalue weighted by Gasteiger charge is 2.40. The summed E-state index contributed by atoms with van der Waals surface area (Å²) in [5.74, 6) is -2.42. The molecule has 0 aliphatic rings. The maximum Gasteiger partial charge on any atom is 0.471 e. The van der Waals surface area contributed by atoms with Gasteiger partial charge in [0, 0.05) is 0 Å². The van der Waals surface area contributed by atoms with Crippen LogP contribution < -0.4 is 5.32 Å². The molecule has 0 saturated heterocycles. The molecule has 1 aromatic rings. The molecule has 0 atom stereocenters. The van der Waals surface area contributed by atoms with Gasteiger partial charge in [-0.05, 0) is 6.07 Å². The number of halogens is 6. The van der Waals surface area contributed by atoms with Crippen LogP contribution in [0.3, 0.4) is 0 Å². The van der Waals surface area contributed by atoms with Gasteiger partial charge in [-0.15, -0.1) is 0 Å². The average molecular weight is 337 g/mol. The van der Waals surface area contributed by atoms with Crippen molar-refractivity contribution in [1.29, 1.82) is 0 Å². The largest absolute Gasteiger partial charge is 0.471 e. The Morgan fingerprint density at radius 1 is 1.26 bits per heavy atom. The molecule has 1 aromatic carbocycles. The van der Waals surface area contributed by atoms with E-state index in [1.807, 2.05) is 0 Å². The highest BCUT2D eigenvalue weighted by Crippen LogP contribution is 2.43. The highest BCUT2D eigenvalue weighted by atomic mass is 35.5. The van der Waals surface area contributed by atoms with Gasteiger partial charge in [-0.3, -0.25) is 14.9 Å². The predicted molar refractivity (Wildman–Crippen MR) is 62.8 cm³/mol. The van der Waals surface area contributed by atoms with Crippen molar-refractivity contribution in [2.45, 2.75) is 6.18 Å². The molecule has 104 valence electrons. The summed E-state index contributed by atoms with van der Waals surface area (Å²) in [4.78, 5) is 20.4. The number of benzene rings is 1. The molecular weight excluding hydrogens is 335 g/mol. The summed E-state index contributed by atoms with van der Waals surface area (Å²) in [6.07, 6.45) is -5.23. The third kappa shape index (κ3) is 3.40. The molecule has 0 fully saturated rings. The SMILES string of the molecule is O=C(Nc1c(Cl)cc(Cl)c(Cl)c1[N+](=O)[O-])C(F)(F)F. The number of hydrogen-bond acceptors (Lipinski definition) is 3. The minimum absolute atomic E-state index is 0.330. The first-order valence-corrected chi connectivity index (χ1v) is 5.39. The Hall–Kier alpha value is -1.25. The van der Waals surface area contributed by atoms with E-state index >= 15 is 0 Å². The van der Waals surface area contributed by atoms with Crippen LogP contribution >= 0.6 is 34.8 Å². The Morgan fingerprint density at radius 2 is 1.79 bits per heavy atom. The number of alkyl halides is 3. The number of rotatable bonds is 2. The lowest BCUT2D eigenvalue weighted by Gasteiger charge is -2.11. The van der Waals surface area contributed by atoms with Crippen LogP contribution in [-0.4, -0.2) is 17.0 Å². The molecule has 0 aromatic heterocycles. The van der Waals surface area contributed by atoms with E-state index in [0.717, 1.165) is 6.07 Å². The van der Waals surface area contributed by atoms with Crippen molar-refractivity contribution < 1.29 is 22.9 Å². The van der Waals surface area contributed by atoms with Crippen molar-refractivity contribution in [3.63, 3.8) is 0 Å². The number of nitro benzene ring substituents is 1. The van der Waals surface area contributed by atoms with Gasteiger partial charge in [0.05, 0.1) is 15.0 Å². The molecule has 1 rings (SSSR count). The summed E-state index contributed by atoms with van der Waals surface area (Å²) in [6.45, 7) is 0. The first kappa shape index (κ1) is 15.8. The number of carbonyl (C=O) groups excluding carboxylic acids is 1. The monoisotopic (exact) mass is 336 g/mol.